The molecule has 1 saturated carbocycles. The molecule has 0 aromatic carbocycles. The molecule has 2 heterocycles. The number of fused-ring (bicyclic) bond motifs is 1. The highest BCUT2D eigenvalue weighted by Gasteiger charge is 2.62. The maximum atomic E-state index is 11.7. The molecule has 0 unspecified atom stereocenters. The average molecular weight is 241 g/mol. The van der Waals surface area contributed by atoms with Gasteiger partial charge < -0.3 is 19.9 Å². The van der Waals surface area contributed by atoms with E-state index in [4.69, 9.17) is 9.47 Å². The van der Waals surface area contributed by atoms with Crippen LogP contribution < -0.4 is 5.32 Å². The molecule has 17 heavy (non-hydrogen) atoms. The van der Waals surface area contributed by atoms with Crippen LogP contribution in [0.4, 0.5) is 0 Å². The molecule has 2 atom stereocenters. The first-order valence-corrected chi connectivity index (χ1v) is 6.46. The van der Waals surface area contributed by atoms with E-state index in [1.54, 1.807) is 0 Å². The zero-order chi connectivity index (χ0) is 11.9. The lowest BCUT2D eigenvalue weighted by molar-refractivity contribution is -0.260. The van der Waals surface area contributed by atoms with Crippen LogP contribution in [0.3, 0.4) is 0 Å². The molecule has 2 aliphatic heterocycles. The third kappa shape index (κ3) is 1.53. The summed E-state index contributed by atoms with van der Waals surface area (Å²) in [5, 5.41) is 13.3. The van der Waals surface area contributed by atoms with Gasteiger partial charge >= 0.3 is 0 Å². The number of aliphatic hydroxyl groups is 1. The molecule has 0 radical (unpaired) electrons. The Bertz CT molecular complexity index is 326. The SMILES string of the molecule is O=C1CCC[C@@]2(N1)[C@@H](O)CCCC21OCCO1. The third-order valence-corrected chi connectivity index (χ3v) is 4.32. The summed E-state index contributed by atoms with van der Waals surface area (Å²) in [6.45, 7) is 1.09. The summed E-state index contributed by atoms with van der Waals surface area (Å²) < 4.78 is 11.6. The lowest BCUT2D eigenvalue weighted by Gasteiger charge is -2.54. The summed E-state index contributed by atoms with van der Waals surface area (Å²) >= 11 is 0. The van der Waals surface area contributed by atoms with Gasteiger partial charge in [0.1, 0.15) is 5.54 Å². The average Bonchev–Trinajstić information content (AvgIpc) is 2.77. The van der Waals surface area contributed by atoms with Crippen molar-refractivity contribution < 1.29 is 19.4 Å². The van der Waals surface area contributed by atoms with E-state index in [0.717, 1.165) is 25.7 Å². The highest BCUT2D eigenvalue weighted by molar-refractivity contribution is 5.78. The molecule has 96 valence electrons. The van der Waals surface area contributed by atoms with Crippen LogP contribution in [-0.2, 0) is 14.3 Å². The number of hydrogen-bond donors (Lipinski definition) is 2. The number of carbonyl (C=O) groups excluding carboxylic acids is 1. The Labute approximate surface area is 100 Å². The van der Waals surface area contributed by atoms with E-state index in [0.29, 0.717) is 26.1 Å². The molecule has 1 aliphatic carbocycles. The molecular weight excluding hydrogens is 222 g/mol. The second-order valence-electron chi connectivity index (χ2n) is 5.23. The molecule has 5 heteroatoms. The minimum atomic E-state index is -0.791. The maximum absolute atomic E-state index is 11.7. The molecule has 0 bridgehead atoms. The van der Waals surface area contributed by atoms with Crippen molar-refractivity contribution in [1.29, 1.82) is 0 Å². The van der Waals surface area contributed by atoms with Gasteiger partial charge in [-0.15, -0.1) is 0 Å². The zero-order valence-corrected chi connectivity index (χ0v) is 9.91. The molecule has 3 fully saturated rings. The fourth-order valence-corrected chi connectivity index (χ4v) is 3.55. The molecule has 3 aliphatic rings. The topological polar surface area (TPSA) is 67.8 Å². The van der Waals surface area contributed by atoms with Crippen LogP contribution in [0.25, 0.3) is 0 Å². The summed E-state index contributed by atoms with van der Waals surface area (Å²) in [4.78, 5) is 11.7. The normalized spacial score (nSPS) is 40.8. The minimum Gasteiger partial charge on any atom is -0.390 e. The number of piperidine rings is 1. The predicted molar refractivity (Wildman–Crippen MR) is 59.2 cm³/mol. The van der Waals surface area contributed by atoms with Crippen LogP contribution in [-0.4, -0.2) is 41.7 Å². The molecule has 2 N–H and O–H groups in total. The van der Waals surface area contributed by atoms with Crippen LogP contribution in [0.15, 0.2) is 0 Å². The van der Waals surface area contributed by atoms with Crippen LogP contribution in [0.1, 0.15) is 38.5 Å². The van der Waals surface area contributed by atoms with Gasteiger partial charge in [0.25, 0.3) is 0 Å². The molecule has 0 aromatic heterocycles. The van der Waals surface area contributed by atoms with Gasteiger partial charge in [0.2, 0.25) is 5.91 Å². The zero-order valence-electron chi connectivity index (χ0n) is 9.91. The number of carbonyl (C=O) groups is 1. The molecule has 1 amide bonds. The molecule has 2 saturated heterocycles. The maximum Gasteiger partial charge on any atom is 0.220 e. The van der Waals surface area contributed by atoms with Gasteiger partial charge in [-0.2, -0.15) is 0 Å². The van der Waals surface area contributed by atoms with E-state index in [2.05, 4.69) is 5.32 Å². The fraction of sp³-hybridized carbons (Fsp3) is 0.917. The summed E-state index contributed by atoms with van der Waals surface area (Å²) in [5.41, 5.74) is -0.725. The van der Waals surface area contributed by atoms with Crippen LogP contribution in [0.2, 0.25) is 0 Å². The van der Waals surface area contributed by atoms with Crippen molar-refractivity contribution in [1.82, 2.24) is 5.32 Å². The lowest BCUT2D eigenvalue weighted by Crippen LogP contribution is -2.73. The van der Waals surface area contributed by atoms with Gasteiger partial charge in [-0.05, 0) is 25.7 Å². The summed E-state index contributed by atoms with van der Waals surface area (Å²) in [5.74, 6) is -0.795. The van der Waals surface area contributed by atoms with Gasteiger partial charge in [0.15, 0.2) is 5.79 Å². The Morgan fingerprint density at radius 2 is 2.00 bits per heavy atom. The quantitative estimate of drug-likeness (QED) is 0.640. The van der Waals surface area contributed by atoms with Crippen molar-refractivity contribution in [2.45, 2.75) is 56.0 Å². The van der Waals surface area contributed by atoms with Crippen molar-refractivity contribution in [2.75, 3.05) is 13.2 Å². The largest absolute Gasteiger partial charge is 0.390 e. The Kier molecular flexibility index (Phi) is 2.65. The van der Waals surface area contributed by atoms with E-state index >= 15 is 0 Å². The van der Waals surface area contributed by atoms with Crippen molar-refractivity contribution in [3.8, 4) is 0 Å². The number of nitrogens with one attached hydrogen (secondary N) is 1. The first-order valence-electron chi connectivity index (χ1n) is 6.46. The second kappa shape index (κ2) is 3.93. The standard InChI is InChI=1S/C12H19NO4/c14-9-3-1-6-12(16-7-8-17-12)11(9)5-2-4-10(15)13-11/h9,14H,1-8H2,(H,13,15)/t9-,11+/m0/s1. The molecule has 5 nitrogen and oxygen atoms in total. The Balaban J connectivity index is 1.97. The smallest absolute Gasteiger partial charge is 0.220 e. The van der Waals surface area contributed by atoms with Gasteiger partial charge in [0.05, 0.1) is 19.3 Å². The third-order valence-electron chi connectivity index (χ3n) is 4.32. The van der Waals surface area contributed by atoms with E-state index < -0.39 is 17.4 Å². The number of ether oxygens (including phenoxy) is 2. The van der Waals surface area contributed by atoms with Crippen molar-refractivity contribution >= 4 is 5.91 Å². The van der Waals surface area contributed by atoms with Crippen molar-refractivity contribution in [3.63, 3.8) is 0 Å². The van der Waals surface area contributed by atoms with Gasteiger partial charge in [-0.1, -0.05) is 0 Å². The number of rotatable bonds is 0. The summed E-state index contributed by atoms with van der Waals surface area (Å²) in [7, 11) is 0. The Morgan fingerprint density at radius 3 is 2.71 bits per heavy atom. The number of hydrogen-bond acceptors (Lipinski definition) is 4. The Hall–Kier alpha value is -0.650. The minimum absolute atomic E-state index is 0.00400. The van der Waals surface area contributed by atoms with Crippen LogP contribution in [0, 0.1) is 0 Å². The van der Waals surface area contributed by atoms with Gasteiger partial charge in [-0.25, -0.2) is 0 Å². The van der Waals surface area contributed by atoms with E-state index in [1.807, 2.05) is 0 Å². The van der Waals surface area contributed by atoms with E-state index in [-0.39, 0.29) is 5.91 Å². The molecule has 3 rings (SSSR count). The summed E-state index contributed by atoms with van der Waals surface area (Å²) in [6.07, 6.45) is 3.82. The van der Waals surface area contributed by atoms with Crippen LogP contribution >= 0.6 is 0 Å². The Morgan fingerprint density at radius 1 is 1.24 bits per heavy atom. The molecule has 2 spiro atoms. The van der Waals surface area contributed by atoms with Gasteiger partial charge in [-0.3, -0.25) is 4.79 Å². The van der Waals surface area contributed by atoms with Gasteiger partial charge in [0, 0.05) is 12.8 Å². The van der Waals surface area contributed by atoms with E-state index in [1.165, 1.54) is 0 Å². The highest BCUT2D eigenvalue weighted by Crippen LogP contribution is 2.47. The number of aliphatic hydroxyl groups excluding tert-OH is 1. The first-order chi connectivity index (χ1) is 8.19. The molecule has 0 aromatic rings. The fourth-order valence-electron chi connectivity index (χ4n) is 3.55. The second-order valence-corrected chi connectivity index (χ2v) is 5.23. The summed E-state index contributed by atoms with van der Waals surface area (Å²) in [6, 6.07) is 0. The lowest BCUT2D eigenvalue weighted by atomic mass is 9.69. The molecular formula is C12H19NO4. The predicted octanol–water partition coefficient (Wildman–Crippen LogP) is 0.313. The highest BCUT2D eigenvalue weighted by atomic mass is 16.7. The van der Waals surface area contributed by atoms with E-state index in [9.17, 15) is 9.90 Å². The first kappa shape index (κ1) is 11.4. The monoisotopic (exact) mass is 241 g/mol. The van der Waals surface area contributed by atoms with Crippen molar-refractivity contribution in [2.24, 2.45) is 0 Å². The van der Waals surface area contributed by atoms with Crippen molar-refractivity contribution in [3.05, 3.63) is 0 Å². The van der Waals surface area contributed by atoms with Crippen LogP contribution in [0.5, 0.6) is 0 Å². The number of amides is 1.